The van der Waals surface area contributed by atoms with Gasteiger partial charge < -0.3 is 5.73 Å². The van der Waals surface area contributed by atoms with Gasteiger partial charge in [0.05, 0.1) is 0 Å². The molecule has 0 spiro atoms. The first-order chi connectivity index (χ1) is 10.6. The highest BCUT2D eigenvalue weighted by Crippen LogP contribution is 2.53. The summed E-state index contributed by atoms with van der Waals surface area (Å²) in [6.45, 7) is 4.76. The van der Waals surface area contributed by atoms with E-state index in [0.29, 0.717) is 5.92 Å². The molecule has 0 heterocycles. The van der Waals surface area contributed by atoms with Crippen LogP contribution in [-0.4, -0.2) is 0 Å². The van der Waals surface area contributed by atoms with E-state index in [1.807, 2.05) is 0 Å². The maximum atomic E-state index is 6.25. The van der Waals surface area contributed by atoms with Crippen molar-refractivity contribution in [2.45, 2.75) is 38.5 Å². The Morgan fingerprint density at radius 1 is 1.18 bits per heavy atom. The van der Waals surface area contributed by atoms with Gasteiger partial charge in [0.2, 0.25) is 0 Å². The van der Waals surface area contributed by atoms with E-state index in [1.54, 1.807) is 0 Å². The van der Waals surface area contributed by atoms with Crippen LogP contribution < -0.4 is 5.73 Å². The minimum atomic E-state index is 0.215. The molecule has 0 saturated heterocycles. The van der Waals surface area contributed by atoms with Crippen LogP contribution in [0.4, 0.5) is 0 Å². The molecule has 0 saturated carbocycles. The summed E-state index contributed by atoms with van der Waals surface area (Å²) in [6, 6.07) is 8.89. The maximum absolute atomic E-state index is 6.25. The third kappa shape index (κ3) is 1.85. The lowest BCUT2D eigenvalue weighted by Gasteiger charge is -2.30. The Hall–Kier alpha value is -2.02. The van der Waals surface area contributed by atoms with Crippen molar-refractivity contribution in [1.29, 1.82) is 0 Å². The van der Waals surface area contributed by atoms with Crippen LogP contribution in [0.3, 0.4) is 0 Å². The van der Waals surface area contributed by atoms with Crippen LogP contribution in [0.2, 0.25) is 0 Å². The number of hydrogen-bond acceptors (Lipinski definition) is 1. The second kappa shape index (κ2) is 4.74. The van der Waals surface area contributed by atoms with Gasteiger partial charge in [-0.05, 0) is 58.4 Å². The minimum absolute atomic E-state index is 0.215. The molecule has 0 aliphatic heterocycles. The van der Waals surface area contributed by atoms with Gasteiger partial charge in [0, 0.05) is 5.70 Å². The number of nitrogens with two attached hydrogens (primary N) is 1. The zero-order valence-corrected chi connectivity index (χ0v) is 13.4. The molecule has 4 rings (SSSR count). The van der Waals surface area contributed by atoms with Crippen molar-refractivity contribution in [1.82, 2.24) is 0 Å². The van der Waals surface area contributed by atoms with E-state index in [1.165, 1.54) is 27.8 Å². The summed E-state index contributed by atoms with van der Waals surface area (Å²) in [5.41, 5.74) is 14.5. The molecule has 0 fully saturated rings. The van der Waals surface area contributed by atoms with Crippen molar-refractivity contribution in [3.63, 3.8) is 0 Å². The van der Waals surface area contributed by atoms with Gasteiger partial charge in [-0.3, -0.25) is 0 Å². The maximum Gasteiger partial charge on any atom is 0.0163 e. The predicted octanol–water partition coefficient (Wildman–Crippen LogP) is 4.87. The summed E-state index contributed by atoms with van der Waals surface area (Å²) >= 11 is 0. The molecule has 1 nitrogen and oxygen atoms in total. The Bertz CT molecular complexity index is 756. The average molecular weight is 289 g/mol. The number of hydrogen-bond donors (Lipinski definition) is 1. The lowest BCUT2D eigenvalue weighted by atomic mass is 9.73. The zero-order chi connectivity index (χ0) is 15.3. The van der Waals surface area contributed by atoms with Crippen LogP contribution in [-0.2, 0) is 5.41 Å². The van der Waals surface area contributed by atoms with E-state index in [-0.39, 0.29) is 5.41 Å². The second-order valence-corrected chi connectivity index (χ2v) is 7.19. The SMILES string of the molecule is CC1(C)c2ccccc2C2=CC(C3=C(N)CCC=C3)=CCC21. The molecule has 1 unspecified atom stereocenters. The van der Waals surface area contributed by atoms with E-state index >= 15 is 0 Å². The third-order valence-electron chi connectivity index (χ3n) is 5.59. The van der Waals surface area contributed by atoms with Crippen molar-refractivity contribution in [3.8, 4) is 0 Å². The number of fused-ring (bicyclic) bond motifs is 3. The smallest absolute Gasteiger partial charge is 0.0163 e. The molecule has 1 aromatic rings. The molecule has 0 bridgehead atoms. The van der Waals surface area contributed by atoms with Gasteiger partial charge in [0.15, 0.2) is 0 Å². The molecule has 1 atom stereocenters. The largest absolute Gasteiger partial charge is 0.402 e. The molecule has 0 aromatic heterocycles. The lowest BCUT2D eigenvalue weighted by Crippen LogP contribution is -2.24. The summed E-state index contributed by atoms with van der Waals surface area (Å²) < 4.78 is 0. The zero-order valence-electron chi connectivity index (χ0n) is 13.4. The minimum Gasteiger partial charge on any atom is -0.402 e. The van der Waals surface area contributed by atoms with Gasteiger partial charge in [-0.15, -0.1) is 0 Å². The average Bonchev–Trinajstić information content (AvgIpc) is 2.76. The summed E-state index contributed by atoms with van der Waals surface area (Å²) in [4.78, 5) is 0. The third-order valence-corrected chi connectivity index (χ3v) is 5.59. The molecule has 0 amide bonds. The molecule has 3 aliphatic rings. The first kappa shape index (κ1) is 13.6. The molecule has 1 heteroatoms. The highest BCUT2D eigenvalue weighted by atomic mass is 14.6. The molecular weight excluding hydrogens is 266 g/mol. The van der Waals surface area contributed by atoms with Crippen LogP contribution in [0.25, 0.3) is 5.57 Å². The highest BCUT2D eigenvalue weighted by molar-refractivity contribution is 5.81. The van der Waals surface area contributed by atoms with E-state index in [0.717, 1.165) is 25.0 Å². The van der Waals surface area contributed by atoms with Crippen LogP contribution in [0.5, 0.6) is 0 Å². The van der Waals surface area contributed by atoms with Crippen molar-refractivity contribution in [2.75, 3.05) is 0 Å². The summed E-state index contributed by atoms with van der Waals surface area (Å²) in [7, 11) is 0. The quantitative estimate of drug-likeness (QED) is 0.784. The number of benzene rings is 1. The van der Waals surface area contributed by atoms with Crippen LogP contribution in [0.1, 0.15) is 44.2 Å². The standard InChI is InChI=1S/C21H23N/c1-21(2)18-9-5-3-8-16(18)17-13-14(11-12-19(17)21)15-7-4-6-10-20(15)22/h3-5,7-9,11,13,19H,6,10,12,22H2,1-2H3. The van der Waals surface area contributed by atoms with E-state index < -0.39 is 0 Å². The van der Waals surface area contributed by atoms with Crippen LogP contribution in [0, 0.1) is 5.92 Å². The van der Waals surface area contributed by atoms with Crippen molar-refractivity contribution in [3.05, 3.63) is 76.5 Å². The second-order valence-electron chi connectivity index (χ2n) is 7.19. The summed E-state index contributed by atoms with van der Waals surface area (Å²) in [6.07, 6.45) is 12.4. The molecule has 112 valence electrons. The Kier molecular flexibility index (Phi) is 2.94. The molecule has 3 aliphatic carbocycles. The first-order valence-electron chi connectivity index (χ1n) is 8.26. The summed E-state index contributed by atoms with van der Waals surface area (Å²) in [5.74, 6) is 0.586. The van der Waals surface area contributed by atoms with Gasteiger partial charge >= 0.3 is 0 Å². The van der Waals surface area contributed by atoms with Gasteiger partial charge in [0.1, 0.15) is 0 Å². The predicted molar refractivity (Wildman–Crippen MR) is 93.2 cm³/mol. The van der Waals surface area contributed by atoms with Crippen molar-refractivity contribution < 1.29 is 0 Å². The molecular formula is C21H23N. The molecule has 22 heavy (non-hydrogen) atoms. The van der Waals surface area contributed by atoms with Gasteiger partial charge in [-0.25, -0.2) is 0 Å². The lowest BCUT2D eigenvalue weighted by molar-refractivity contribution is 0.414. The molecule has 0 radical (unpaired) electrons. The fourth-order valence-electron chi connectivity index (χ4n) is 4.28. The monoisotopic (exact) mass is 289 g/mol. The van der Waals surface area contributed by atoms with Crippen molar-refractivity contribution >= 4 is 5.57 Å². The van der Waals surface area contributed by atoms with Gasteiger partial charge in [-0.1, -0.05) is 62.4 Å². The Labute approximate surface area is 132 Å². The molecule has 1 aromatic carbocycles. The topological polar surface area (TPSA) is 26.0 Å². The normalized spacial score (nSPS) is 25.5. The van der Waals surface area contributed by atoms with Crippen molar-refractivity contribution in [2.24, 2.45) is 11.7 Å². The van der Waals surface area contributed by atoms with Gasteiger partial charge in [0.25, 0.3) is 0 Å². The number of allylic oxidation sites excluding steroid dienone is 8. The molecule has 2 N–H and O–H groups in total. The Morgan fingerprint density at radius 2 is 2.00 bits per heavy atom. The Balaban J connectivity index is 1.83. The Morgan fingerprint density at radius 3 is 2.82 bits per heavy atom. The van der Waals surface area contributed by atoms with E-state index in [9.17, 15) is 0 Å². The fraction of sp³-hybridized carbons (Fsp3) is 0.333. The van der Waals surface area contributed by atoms with E-state index in [2.05, 4.69) is 62.4 Å². The highest BCUT2D eigenvalue weighted by Gasteiger charge is 2.43. The summed E-state index contributed by atoms with van der Waals surface area (Å²) in [5, 5.41) is 0. The fourth-order valence-corrected chi connectivity index (χ4v) is 4.28. The number of rotatable bonds is 1. The van der Waals surface area contributed by atoms with Crippen LogP contribution >= 0.6 is 0 Å². The van der Waals surface area contributed by atoms with Gasteiger partial charge in [-0.2, -0.15) is 0 Å². The van der Waals surface area contributed by atoms with E-state index in [4.69, 9.17) is 5.73 Å². The van der Waals surface area contributed by atoms with Crippen LogP contribution in [0.15, 0.2) is 65.4 Å². The first-order valence-corrected chi connectivity index (χ1v) is 8.26.